The Morgan fingerprint density at radius 3 is 2.62 bits per heavy atom. The third-order valence-electron chi connectivity index (χ3n) is 5.17. The van der Waals surface area contributed by atoms with Gasteiger partial charge in [0, 0.05) is 30.8 Å². The van der Waals surface area contributed by atoms with Gasteiger partial charge in [0.25, 0.3) is 0 Å². The first-order valence-corrected chi connectivity index (χ1v) is 9.75. The highest BCUT2D eigenvalue weighted by molar-refractivity contribution is 5.78. The van der Waals surface area contributed by atoms with Crippen LogP contribution in [0.15, 0.2) is 53.1 Å². The van der Waals surface area contributed by atoms with Crippen molar-refractivity contribution < 1.29 is 13.6 Å². The van der Waals surface area contributed by atoms with E-state index in [-0.39, 0.29) is 17.6 Å². The van der Waals surface area contributed by atoms with Gasteiger partial charge in [-0.3, -0.25) is 4.79 Å². The number of rotatable bonds is 5. The van der Waals surface area contributed by atoms with Crippen molar-refractivity contribution in [1.29, 1.82) is 0 Å². The molecule has 3 heterocycles. The van der Waals surface area contributed by atoms with Gasteiger partial charge in [-0.15, -0.1) is 0 Å². The average Bonchev–Trinajstić information content (AvgIpc) is 3.18. The predicted molar refractivity (Wildman–Crippen MR) is 108 cm³/mol. The van der Waals surface area contributed by atoms with Crippen molar-refractivity contribution in [2.45, 2.75) is 26.3 Å². The fourth-order valence-electron chi connectivity index (χ4n) is 3.53. The number of nitrogens with one attached hydrogen (secondary N) is 1. The van der Waals surface area contributed by atoms with Crippen molar-refractivity contribution in [3.63, 3.8) is 0 Å². The Bertz CT molecular complexity index is 978. The fraction of sp³-hybridized carbons (Fsp3) is 0.318. The molecule has 3 aromatic rings. The van der Waals surface area contributed by atoms with Crippen molar-refractivity contribution in [2.75, 3.05) is 18.0 Å². The van der Waals surface area contributed by atoms with Gasteiger partial charge in [0.2, 0.25) is 5.91 Å². The molecule has 0 unspecified atom stereocenters. The second-order valence-corrected chi connectivity index (χ2v) is 7.24. The summed E-state index contributed by atoms with van der Waals surface area (Å²) in [7, 11) is 0. The normalized spacial score (nSPS) is 14.8. The highest BCUT2D eigenvalue weighted by Gasteiger charge is 2.25. The molecule has 1 aliphatic heterocycles. The zero-order valence-corrected chi connectivity index (χ0v) is 16.3. The molecular weight excluding hydrogens is 371 g/mol. The first-order chi connectivity index (χ1) is 14.1. The fourth-order valence-corrected chi connectivity index (χ4v) is 3.53. The lowest BCUT2D eigenvalue weighted by Crippen LogP contribution is -2.40. The van der Waals surface area contributed by atoms with Crippen LogP contribution in [-0.4, -0.2) is 29.0 Å². The van der Waals surface area contributed by atoms with Crippen LogP contribution in [0.25, 0.3) is 11.4 Å². The molecular formula is C22H23FN4O2. The minimum Gasteiger partial charge on any atom is -0.465 e. The molecule has 1 fully saturated rings. The molecule has 1 aromatic carbocycles. The number of carbonyl (C=O) groups excluding carboxylic acids is 1. The molecule has 1 amide bonds. The van der Waals surface area contributed by atoms with Crippen LogP contribution in [0.5, 0.6) is 0 Å². The van der Waals surface area contributed by atoms with E-state index in [0.29, 0.717) is 12.4 Å². The van der Waals surface area contributed by atoms with Crippen LogP contribution in [0.2, 0.25) is 0 Å². The zero-order valence-electron chi connectivity index (χ0n) is 16.3. The smallest absolute Gasteiger partial charge is 0.223 e. The minimum absolute atomic E-state index is 0.0132. The molecule has 0 bridgehead atoms. The summed E-state index contributed by atoms with van der Waals surface area (Å²) in [5.41, 5.74) is 0.774. The quantitative estimate of drug-likeness (QED) is 0.714. The van der Waals surface area contributed by atoms with Gasteiger partial charge < -0.3 is 14.6 Å². The molecule has 4 rings (SSSR count). The van der Waals surface area contributed by atoms with Crippen LogP contribution in [0.1, 0.15) is 24.4 Å². The lowest BCUT2D eigenvalue weighted by atomic mass is 9.96. The molecule has 1 aliphatic rings. The molecule has 0 spiro atoms. The zero-order chi connectivity index (χ0) is 20.2. The van der Waals surface area contributed by atoms with Crippen molar-refractivity contribution in [1.82, 2.24) is 15.3 Å². The maximum absolute atomic E-state index is 13.1. The molecule has 0 radical (unpaired) electrons. The molecule has 1 saturated heterocycles. The monoisotopic (exact) mass is 394 g/mol. The summed E-state index contributed by atoms with van der Waals surface area (Å²) in [5, 5.41) is 2.96. The van der Waals surface area contributed by atoms with Crippen LogP contribution in [0.3, 0.4) is 0 Å². The van der Waals surface area contributed by atoms with Gasteiger partial charge in [-0.1, -0.05) is 0 Å². The number of halogens is 1. The lowest BCUT2D eigenvalue weighted by Gasteiger charge is -2.32. The summed E-state index contributed by atoms with van der Waals surface area (Å²) in [5.74, 6) is 2.76. The molecule has 6 nitrogen and oxygen atoms in total. The maximum Gasteiger partial charge on any atom is 0.223 e. The van der Waals surface area contributed by atoms with E-state index in [0.717, 1.165) is 48.8 Å². The molecule has 0 atom stereocenters. The van der Waals surface area contributed by atoms with Gasteiger partial charge in [-0.2, -0.15) is 0 Å². The van der Waals surface area contributed by atoms with E-state index in [1.165, 1.54) is 12.1 Å². The topological polar surface area (TPSA) is 71.3 Å². The molecule has 29 heavy (non-hydrogen) atoms. The largest absolute Gasteiger partial charge is 0.465 e. The number of hydrogen-bond donors (Lipinski definition) is 1. The Balaban J connectivity index is 1.34. The molecule has 0 saturated carbocycles. The second-order valence-electron chi connectivity index (χ2n) is 7.24. The summed E-state index contributed by atoms with van der Waals surface area (Å²) in [4.78, 5) is 23.5. The number of hydrogen-bond acceptors (Lipinski definition) is 5. The van der Waals surface area contributed by atoms with E-state index < -0.39 is 0 Å². The van der Waals surface area contributed by atoms with Crippen molar-refractivity contribution in [3.05, 3.63) is 66.0 Å². The van der Waals surface area contributed by atoms with Gasteiger partial charge in [-0.05, 0) is 62.2 Å². The number of piperidine rings is 1. The summed E-state index contributed by atoms with van der Waals surface area (Å²) in [6.07, 6.45) is 3.24. The van der Waals surface area contributed by atoms with E-state index in [1.807, 2.05) is 25.1 Å². The molecule has 0 aliphatic carbocycles. The highest BCUT2D eigenvalue weighted by Crippen LogP contribution is 2.24. The Kier molecular flexibility index (Phi) is 5.55. The van der Waals surface area contributed by atoms with E-state index in [1.54, 1.807) is 18.3 Å². The summed E-state index contributed by atoms with van der Waals surface area (Å²) >= 11 is 0. The number of aryl methyl sites for hydroxylation is 1. The van der Waals surface area contributed by atoms with E-state index in [4.69, 9.17) is 4.42 Å². The summed E-state index contributed by atoms with van der Waals surface area (Å²) < 4.78 is 18.6. The number of furan rings is 1. The highest BCUT2D eigenvalue weighted by atomic mass is 19.1. The molecule has 1 N–H and O–H groups in total. The molecule has 150 valence electrons. The second kappa shape index (κ2) is 8.43. The number of benzene rings is 1. The number of carbonyl (C=O) groups is 1. The van der Waals surface area contributed by atoms with Gasteiger partial charge >= 0.3 is 0 Å². The molecule has 7 heteroatoms. The Labute approximate surface area is 168 Å². The Morgan fingerprint density at radius 2 is 1.93 bits per heavy atom. The average molecular weight is 394 g/mol. The first-order valence-electron chi connectivity index (χ1n) is 9.75. The minimum atomic E-state index is -0.285. The lowest BCUT2D eigenvalue weighted by molar-refractivity contribution is -0.125. The molecule has 2 aromatic heterocycles. The Hall–Kier alpha value is -3.22. The van der Waals surface area contributed by atoms with Crippen molar-refractivity contribution >= 4 is 11.7 Å². The van der Waals surface area contributed by atoms with Crippen LogP contribution in [0, 0.1) is 18.7 Å². The van der Waals surface area contributed by atoms with Gasteiger partial charge in [0.05, 0.1) is 6.54 Å². The van der Waals surface area contributed by atoms with Gasteiger partial charge in [-0.25, -0.2) is 14.4 Å². The van der Waals surface area contributed by atoms with Crippen LogP contribution in [-0.2, 0) is 11.3 Å². The van der Waals surface area contributed by atoms with E-state index >= 15 is 0 Å². The van der Waals surface area contributed by atoms with Crippen LogP contribution >= 0.6 is 0 Å². The van der Waals surface area contributed by atoms with Crippen LogP contribution < -0.4 is 10.2 Å². The SMILES string of the molecule is Cc1ccc(CNC(=O)C2CCN(c3ccnc(-c4ccc(F)cc4)n3)CC2)o1. The third-order valence-corrected chi connectivity index (χ3v) is 5.17. The number of nitrogens with zero attached hydrogens (tertiary/aromatic N) is 3. The third kappa shape index (κ3) is 4.62. The maximum atomic E-state index is 13.1. The summed E-state index contributed by atoms with van der Waals surface area (Å²) in [6, 6.07) is 11.8. The van der Waals surface area contributed by atoms with Gasteiger partial charge in [0.1, 0.15) is 23.2 Å². The summed E-state index contributed by atoms with van der Waals surface area (Å²) in [6.45, 7) is 3.80. The number of amides is 1. The van der Waals surface area contributed by atoms with E-state index in [2.05, 4.69) is 20.2 Å². The van der Waals surface area contributed by atoms with Gasteiger partial charge in [0.15, 0.2) is 5.82 Å². The van der Waals surface area contributed by atoms with E-state index in [9.17, 15) is 9.18 Å². The van der Waals surface area contributed by atoms with Crippen molar-refractivity contribution in [2.24, 2.45) is 5.92 Å². The predicted octanol–water partition coefficient (Wildman–Crippen LogP) is 3.72. The van der Waals surface area contributed by atoms with Crippen LogP contribution in [0.4, 0.5) is 10.2 Å². The Morgan fingerprint density at radius 1 is 1.17 bits per heavy atom. The standard InChI is InChI=1S/C22H23FN4O2/c1-15-2-7-19(29-15)14-25-22(28)17-9-12-27(13-10-17)20-8-11-24-21(26-20)16-3-5-18(23)6-4-16/h2-8,11,17H,9-10,12-14H2,1H3,(H,25,28). The first kappa shape index (κ1) is 19.1. The number of aromatic nitrogens is 2. The van der Waals surface area contributed by atoms with Crippen molar-refractivity contribution in [3.8, 4) is 11.4 Å². The number of anilines is 1.